The Labute approximate surface area is 104 Å². The highest BCUT2D eigenvalue weighted by Gasteiger charge is 2.37. The molecule has 0 aliphatic carbocycles. The molecule has 0 unspecified atom stereocenters. The summed E-state index contributed by atoms with van der Waals surface area (Å²) < 4.78 is 27.0. The molecule has 0 spiro atoms. The molecule has 0 aromatic carbocycles. The maximum absolute atomic E-state index is 11.5. The van der Waals surface area contributed by atoms with Crippen LogP contribution in [0.5, 0.6) is 0 Å². The first-order valence-corrected chi connectivity index (χ1v) is 6.82. The van der Waals surface area contributed by atoms with Crippen LogP contribution in [0.3, 0.4) is 0 Å². The van der Waals surface area contributed by atoms with Crippen LogP contribution in [0.2, 0.25) is 0 Å². The summed E-state index contributed by atoms with van der Waals surface area (Å²) in [6, 6.07) is -1.65. The van der Waals surface area contributed by atoms with Crippen LogP contribution in [-0.2, 0) is 18.8 Å². The van der Waals surface area contributed by atoms with Crippen LogP contribution in [0, 0.1) is 0 Å². The van der Waals surface area contributed by atoms with Crippen molar-refractivity contribution in [1.29, 1.82) is 0 Å². The number of rotatable bonds is 3. The fourth-order valence-corrected chi connectivity index (χ4v) is 2.05. The van der Waals surface area contributed by atoms with Gasteiger partial charge in [-0.05, 0) is 27.7 Å². The van der Waals surface area contributed by atoms with E-state index in [4.69, 9.17) is 20.5 Å². The van der Waals surface area contributed by atoms with Gasteiger partial charge in [-0.25, -0.2) is 9.59 Å². The summed E-state index contributed by atoms with van der Waals surface area (Å²) >= 11 is 0. The van der Waals surface area contributed by atoms with Gasteiger partial charge in [0.05, 0.1) is 0 Å². The predicted octanol–water partition coefficient (Wildman–Crippen LogP) is 1.18. The van der Waals surface area contributed by atoms with E-state index in [1.807, 2.05) is 0 Å². The van der Waals surface area contributed by atoms with Crippen LogP contribution in [-0.4, -0.2) is 41.5 Å². The van der Waals surface area contributed by atoms with Crippen molar-refractivity contribution >= 4 is 32.0 Å². The molecule has 0 radical (unpaired) electrons. The number of ether oxygens (including phenoxy) is 1. The van der Waals surface area contributed by atoms with Gasteiger partial charge in [-0.2, -0.15) is 12.7 Å². The number of carboxylic acids is 1. The van der Waals surface area contributed by atoms with Gasteiger partial charge in [-0.3, -0.25) is 0 Å². The third-order valence-corrected chi connectivity index (χ3v) is 2.90. The maximum atomic E-state index is 11.5. The van der Waals surface area contributed by atoms with Crippen LogP contribution in [0.4, 0.5) is 4.79 Å². The molecule has 1 N–H and O–H groups in total. The van der Waals surface area contributed by atoms with Crippen molar-refractivity contribution in [2.75, 3.05) is 0 Å². The molecule has 0 aliphatic rings. The van der Waals surface area contributed by atoms with Gasteiger partial charge in [0.2, 0.25) is 0 Å². The highest BCUT2D eigenvalue weighted by atomic mass is 35.7. The molecule has 0 rings (SSSR count). The molecule has 17 heavy (non-hydrogen) atoms. The molecule has 0 bridgehead atoms. The zero-order valence-corrected chi connectivity index (χ0v) is 11.4. The van der Waals surface area contributed by atoms with Crippen molar-refractivity contribution in [3.63, 3.8) is 0 Å². The first kappa shape index (κ1) is 16.0. The Balaban J connectivity index is 5.23. The van der Waals surface area contributed by atoms with Crippen molar-refractivity contribution < 1.29 is 27.9 Å². The Kier molecular flexibility index (Phi) is 4.79. The molecular weight excluding hydrogens is 274 g/mol. The largest absolute Gasteiger partial charge is 0.480 e. The highest BCUT2D eigenvalue weighted by molar-refractivity contribution is 8.12. The molecule has 1 atom stereocenters. The molecule has 0 heterocycles. The van der Waals surface area contributed by atoms with E-state index in [1.165, 1.54) is 20.8 Å². The zero-order valence-electron chi connectivity index (χ0n) is 9.80. The Hall–Kier alpha value is -1.02. The average Bonchev–Trinajstić information content (AvgIpc) is 1.96. The van der Waals surface area contributed by atoms with Gasteiger partial charge in [0.25, 0.3) is 0 Å². The summed E-state index contributed by atoms with van der Waals surface area (Å²) in [7, 11) is 0.465. The van der Waals surface area contributed by atoms with Gasteiger partial charge in [0.1, 0.15) is 11.6 Å². The van der Waals surface area contributed by atoms with Crippen LogP contribution < -0.4 is 0 Å². The number of aliphatic carboxylic acids is 1. The summed E-state index contributed by atoms with van der Waals surface area (Å²) in [5.41, 5.74) is -0.963. The van der Waals surface area contributed by atoms with Crippen LogP contribution in [0.15, 0.2) is 0 Å². The summed E-state index contributed by atoms with van der Waals surface area (Å²) in [5.74, 6) is -1.51. The predicted molar refractivity (Wildman–Crippen MR) is 59.9 cm³/mol. The molecule has 7 nitrogen and oxygen atoms in total. The third kappa shape index (κ3) is 5.22. The van der Waals surface area contributed by atoms with E-state index < -0.39 is 32.9 Å². The number of carbonyl (C=O) groups is 2. The number of carboxylic acid groups (broad SMARTS) is 1. The molecule has 0 saturated heterocycles. The van der Waals surface area contributed by atoms with E-state index in [0.717, 1.165) is 6.92 Å². The van der Waals surface area contributed by atoms with E-state index in [9.17, 15) is 18.0 Å². The first-order chi connectivity index (χ1) is 7.36. The number of carbonyl (C=O) groups excluding carboxylic acids is 1. The standard InChI is InChI=1S/C8H14ClNO6S/c1-5(6(11)12)10(17(9,14)15)7(13)16-8(2,3)4/h5H,1-4H3,(H,11,12)/t5-/m0/s1. The molecular formula is C8H14ClNO6S. The number of hydrogen-bond acceptors (Lipinski definition) is 5. The molecule has 0 aliphatic heterocycles. The number of hydrogen-bond donors (Lipinski definition) is 1. The van der Waals surface area contributed by atoms with Gasteiger partial charge in [-0.15, -0.1) is 0 Å². The van der Waals surface area contributed by atoms with E-state index >= 15 is 0 Å². The lowest BCUT2D eigenvalue weighted by Gasteiger charge is -2.26. The van der Waals surface area contributed by atoms with Crippen molar-refractivity contribution in [2.24, 2.45) is 0 Å². The minimum atomic E-state index is -4.53. The minimum Gasteiger partial charge on any atom is -0.480 e. The zero-order chi connectivity index (χ0) is 14.0. The second-order valence-electron chi connectivity index (χ2n) is 4.23. The Morgan fingerprint density at radius 2 is 1.76 bits per heavy atom. The van der Waals surface area contributed by atoms with Gasteiger partial charge in [0.15, 0.2) is 0 Å². The molecule has 0 aromatic rings. The van der Waals surface area contributed by atoms with E-state index in [0.29, 0.717) is 0 Å². The SMILES string of the molecule is C[C@@H](C(=O)O)N(C(=O)OC(C)(C)C)S(=O)(=O)Cl. The Morgan fingerprint density at radius 3 is 2.00 bits per heavy atom. The van der Waals surface area contributed by atoms with Crippen molar-refractivity contribution in [3.8, 4) is 0 Å². The summed E-state index contributed by atoms with van der Waals surface area (Å²) in [6.45, 7) is 5.53. The number of amides is 1. The number of halogens is 1. The van der Waals surface area contributed by atoms with Crippen molar-refractivity contribution in [2.45, 2.75) is 39.3 Å². The average molecular weight is 288 g/mol. The van der Waals surface area contributed by atoms with Crippen LogP contribution >= 0.6 is 10.7 Å². The van der Waals surface area contributed by atoms with Gasteiger partial charge in [-0.1, -0.05) is 0 Å². The monoisotopic (exact) mass is 287 g/mol. The van der Waals surface area contributed by atoms with Gasteiger partial charge in [0, 0.05) is 10.7 Å². The lowest BCUT2D eigenvalue weighted by molar-refractivity contribution is -0.140. The topological polar surface area (TPSA) is 101 Å². The molecule has 1 amide bonds. The van der Waals surface area contributed by atoms with Gasteiger partial charge >= 0.3 is 21.3 Å². The molecule has 100 valence electrons. The smallest absolute Gasteiger partial charge is 0.425 e. The van der Waals surface area contributed by atoms with E-state index in [1.54, 1.807) is 0 Å². The highest BCUT2D eigenvalue weighted by Crippen LogP contribution is 2.17. The summed E-state index contributed by atoms with van der Waals surface area (Å²) in [6.07, 6.45) is -1.33. The van der Waals surface area contributed by atoms with Crippen LogP contribution in [0.25, 0.3) is 0 Å². The molecule has 9 heteroatoms. The Bertz CT molecular complexity index is 412. The minimum absolute atomic E-state index is 0.0257. The third-order valence-electron chi connectivity index (χ3n) is 1.52. The molecule has 0 fully saturated rings. The normalized spacial score (nSPS) is 13.9. The van der Waals surface area contributed by atoms with Crippen molar-refractivity contribution in [1.82, 2.24) is 4.31 Å². The fraction of sp³-hybridized carbons (Fsp3) is 0.750. The van der Waals surface area contributed by atoms with Crippen LogP contribution in [0.1, 0.15) is 27.7 Å². The quantitative estimate of drug-likeness (QED) is 0.782. The lowest BCUT2D eigenvalue weighted by atomic mass is 10.2. The number of nitrogens with zero attached hydrogens (tertiary/aromatic N) is 1. The molecule has 0 aromatic heterocycles. The molecule has 0 saturated carbocycles. The van der Waals surface area contributed by atoms with Gasteiger partial charge < -0.3 is 9.84 Å². The second kappa shape index (κ2) is 5.09. The van der Waals surface area contributed by atoms with Crippen molar-refractivity contribution in [3.05, 3.63) is 0 Å². The summed E-state index contributed by atoms with van der Waals surface area (Å²) in [4.78, 5) is 22.2. The lowest BCUT2D eigenvalue weighted by Crippen LogP contribution is -2.47. The Morgan fingerprint density at radius 1 is 1.35 bits per heavy atom. The summed E-state index contributed by atoms with van der Waals surface area (Å²) in [5, 5.41) is 8.69. The fourth-order valence-electron chi connectivity index (χ4n) is 0.843. The van der Waals surface area contributed by atoms with E-state index in [-0.39, 0.29) is 4.31 Å². The first-order valence-electron chi connectivity index (χ1n) is 4.56. The maximum Gasteiger partial charge on any atom is 0.425 e. The van der Waals surface area contributed by atoms with E-state index in [2.05, 4.69) is 0 Å². The second-order valence-corrected chi connectivity index (χ2v) is 6.62.